The van der Waals surface area contributed by atoms with Crippen molar-refractivity contribution in [1.29, 1.82) is 0 Å². The smallest absolute Gasteiger partial charge is 0.407 e. The number of rotatable bonds is 6. The fourth-order valence-electron chi connectivity index (χ4n) is 3.51. The molecule has 0 aliphatic carbocycles. The van der Waals surface area contributed by atoms with Crippen LogP contribution < -0.4 is 5.32 Å². The molecule has 158 valence electrons. The molecule has 1 fully saturated rings. The van der Waals surface area contributed by atoms with Crippen molar-refractivity contribution in [3.8, 4) is 0 Å². The average molecular weight is 470 g/mol. The lowest BCUT2D eigenvalue weighted by molar-refractivity contribution is -0.384. The van der Waals surface area contributed by atoms with Crippen LogP contribution in [0.4, 0.5) is 10.5 Å². The second-order valence-corrected chi connectivity index (χ2v) is 7.81. The van der Waals surface area contributed by atoms with Crippen molar-refractivity contribution in [2.45, 2.75) is 32.7 Å². The van der Waals surface area contributed by atoms with Crippen LogP contribution in [0, 0.1) is 16.0 Å². The number of nitrogens with zero attached hydrogens (tertiary/aromatic N) is 2. The first kappa shape index (κ1) is 22.7. The lowest BCUT2D eigenvalue weighted by Gasteiger charge is -2.34. The van der Waals surface area contributed by atoms with E-state index in [0.717, 1.165) is 0 Å². The van der Waals surface area contributed by atoms with Crippen molar-refractivity contribution in [2.75, 3.05) is 20.2 Å². The van der Waals surface area contributed by atoms with Crippen LogP contribution in [0.2, 0.25) is 0 Å². The SMILES string of the molecule is COC(=O)/C(=C(\C)NC(C)C1CCN(C(=O)O)CC1)c1cc([N+](=O)[O-])ccc1Br. The number of carbonyl (C=O) groups is 2. The van der Waals surface area contributed by atoms with Crippen molar-refractivity contribution < 1.29 is 24.4 Å². The summed E-state index contributed by atoms with van der Waals surface area (Å²) in [6.07, 6.45) is 0.507. The molecule has 0 aromatic heterocycles. The van der Waals surface area contributed by atoms with Gasteiger partial charge in [0, 0.05) is 47.0 Å². The third-order valence-electron chi connectivity index (χ3n) is 5.16. The van der Waals surface area contributed by atoms with Gasteiger partial charge in [0.1, 0.15) is 0 Å². The van der Waals surface area contributed by atoms with E-state index in [1.54, 1.807) is 6.92 Å². The van der Waals surface area contributed by atoms with Gasteiger partial charge in [-0.05, 0) is 38.7 Å². The van der Waals surface area contributed by atoms with Crippen molar-refractivity contribution in [2.24, 2.45) is 5.92 Å². The van der Waals surface area contributed by atoms with Gasteiger partial charge in [0.05, 0.1) is 17.6 Å². The van der Waals surface area contributed by atoms with Crippen LogP contribution in [-0.4, -0.2) is 53.2 Å². The molecule has 10 heteroatoms. The van der Waals surface area contributed by atoms with E-state index in [2.05, 4.69) is 21.2 Å². The zero-order chi connectivity index (χ0) is 21.7. The van der Waals surface area contributed by atoms with Crippen LogP contribution in [0.5, 0.6) is 0 Å². The molecule has 0 bridgehead atoms. The molecular weight excluding hydrogens is 446 g/mol. The van der Waals surface area contributed by atoms with Gasteiger partial charge in [-0.2, -0.15) is 0 Å². The Morgan fingerprint density at radius 1 is 1.38 bits per heavy atom. The molecule has 1 aliphatic rings. The second kappa shape index (κ2) is 9.73. The summed E-state index contributed by atoms with van der Waals surface area (Å²) < 4.78 is 5.45. The monoisotopic (exact) mass is 469 g/mol. The van der Waals surface area contributed by atoms with Crippen molar-refractivity contribution >= 4 is 39.3 Å². The van der Waals surface area contributed by atoms with Crippen LogP contribution in [0.1, 0.15) is 32.3 Å². The van der Waals surface area contributed by atoms with E-state index in [4.69, 9.17) is 9.84 Å². The molecule has 1 aromatic rings. The fourth-order valence-corrected chi connectivity index (χ4v) is 3.95. The normalized spacial score (nSPS) is 16.6. The molecule has 1 unspecified atom stereocenters. The number of carbonyl (C=O) groups excluding carboxylic acids is 1. The van der Waals surface area contributed by atoms with Gasteiger partial charge in [0.15, 0.2) is 0 Å². The standard InChI is InChI=1S/C19H24BrN3O6/c1-11(13-6-8-22(9-7-13)19(25)26)21-12(2)17(18(24)29-3)15-10-14(23(27)28)4-5-16(15)20/h4-5,10-11,13,21H,6-9H2,1-3H3,(H,25,26)/b17-12+. The molecule has 9 nitrogen and oxygen atoms in total. The van der Waals surface area contributed by atoms with Crippen molar-refractivity contribution in [3.63, 3.8) is 0 Å². The quantitative estimate of drug-likeness (QED) is 0.282. The van der Waals surface area contributed by atoms with E-state index in [0.29, 0.717) is 41.7 Å². The summed E-state index contributed by atoms with van der Waals surface area (Å²) in [5.41, 5.74) is 0.972. The Bertz CT molecular complexity index is 833. The Labute approximate surface area is 177 Å². The number of ether oxygens (including phenoxy) is 1. The molecule has 29 heavy (non-hydrogen) atoms. The molecule has 1 amide bonds. The number of nitro benzene ring substituents is 1. The third kappa shape index (κ3) is 5.47. The number of benzene rings is 1. The molecule has 0 saturated carbocycles. The van der Waals surface area contributed by atoms with E-state index in [-0.39, 0.29) is 23.2 Å². The second-order valence-electron chi connectivity index (χ2n) is 6.95. The summed E-state index contributed by atoms with van der Waals surface area (Å²) in [6.45, 7) is 4.63. The van der Waals surface area contributed by atoms with Gasteiger partial charge in [-0.25, -0.2) is 9.59 Å². The maximum absolute atomic E-state index is 12.5. The first-order valence-corrected chi connectivity index (χ1v) is 9.92. The number of methoxy groups -OCH3 is 1. The van der Waals surface area contributed by atoms with Gasteiger partial charge in [0.25, 0.3) is 5.69 Å². The number of halogens is 1. The number of nitrogens with one attached hydrogen (secondary N) is 1. The van der Waals surface area contributed by atoms with E-state index in [1.165, 1.54) is 30.2 Å². The van der Waals surface area contributed by atoms with E-state index in [9.17, 15) is 19.7 Å². The van der Waals surface area contributed by atoms with Gasteiger partial charge in [-0.1, -0.05) is 15.9 Å². The minimum atomic E-state index is -0.913. The lowest BCUT2D eigenvalue weighted by atomic mass is 9.90. The molecule has 1 aromatic carbocycles. The molecule has 1 atom stereocenters. The Balaban J connectivity index is 2.29. The number of esters is 1. The Hall–Kier alpha value is -2.62. The average Bonchev–Trinajstić information content (AvgIpc) is 2.69. The van der Waals surface area contributed by atoms with E-state index >= 15 is 0 Å². The molecular formula is C19H24BrN3O6. The fraction of sp³-hybridized carbons (Fsp3) is 0.474. The molecule has 0 spiro atoms. The largest absolute Gasteiger partial charge is 0.465 e. The summed E-state index contributed by atoms with van der Waals surface area (Å²) in [5, 5.41) is 23.5. The van der Waals surface area contributed by atoms with Crippen LogP contribution in [-0.2, 0) is 9.53 Å². The minimum Gasteiger partial charge on any atom is -0.465 e. The predicted molar refractivity (Wildman–Crippen MR) is 110 cm³/mol. The first-order valence-electron chi connectivity index (χ1n) is 9.13. The summed E-state index contributed by atoms with van der Waals surface area (Å²) >= 11 is 3.36. The molecule has 2 N–H and O–H groups in total. The number of piperidine rings is 1. The maximum atomic E-state index is 12.5. The Morgan fingerprint density at radius 2 is 2.00 bits per heavy atom. The predicted octanol–water partition coefficient (Wildman–Crippen LogP) is 3.63. The zero-order valence-electron chi connectivity index (χ0n) is 16.5. The topological polar surface area (TPSA) is 122 Å². The summed E-state index contributed by atoms with van der Waals surface area (Å²) in [6, 6.07) is 4.18. The van der Waals surface area contributed by atoms with Crippen molar-refractivity contribution in [3.05, 3.63) is 44.0 Å². The van der Waals surface area contributed by atoms with Gasteiger partial charge in [-0.15, -0.1) is 0 Å². The van der Waals surface area contributed by atoms with Gasteiger partial charge >= 0.3 is 12.1 Å². The molecule has 1 heterocycles. The van der Waals surface area contributed by atoms with E-state index in [1.807, 2.05) is 6.92 Å². The van der Waals surface area contributed by atoms with Crippen LogP contribution in [0.15, 0.2) is 28.4 Å². The number of non-ortho nitro benzene ring substituents is 1. The number of likely N-dealkylation sites (tertiary alicyclic amines) is 1. The van der Waals surface area contributed by atoms with Gasteiger partial charge < -0.3 is 20.1 Å². The minimum absolute atomic E-state index is 0.0249. The van der Waals surface area contributed by atoms with Crippen molar-refractivity contribution in [1.82, 2.24) is 10.2 Å². The highest BCUT2D eigenvalue weighted by molar-refractivity contribution is 9.10. The summed E-state index contributed by atoms with van der Waals surface area (Å²) in [5.74, 6) is -0.378. The first-order chi connectivity index (χ1) is 13.6. The highest BCUT2D eigenvalue weighted by Crippen LogP contribution is 2.31. The number of nitro groups is 1. The maximum Gasteiger partial charge on any atom is 0.407 e. The van der Waals surface area contributed by atoms with Gasteiger partial charge in [-0.3, -0.25) is 10.1 Å². The molecule has 1 saturated heterocycles. The number of allylic oxidation sites excluding steroid dienone is 1. The van der Waals surface area contributed by atoms with Crippen LogP contribution >= 0.6 is 15.9 Å². The number of amides is 1. The molecule has 1 aliphatic heterocycles. The van der Waals surface area contributed by atoms with Crippen LogP contribution in [0.3, 0.4) is 0 Å². The Kier molecular flexibility index (Phi) is 7.60. The zero-order valence-corrected chi connectivity index (χ0v) is 18.1. The molecule has 0 radical (unpaired) electrons. The van der Waals surface area contributed by atoms with Gasteiger partial charge in [0.2, 0.25) is 0 Å². The highest BCUT2D eigenvalue weighted by atomic mass is 79.9. The highest BCUT2D eigenvalue weighted by Gasteiger charge is 2.28. The summed E-state index contributed by atoms with van der Waals surface area (Å²) in [4.78, 5) is 35.6. The number of hydrogen-bond acceptors (Lipinski definition) is 6. The van der Waals surface area contributed by atoms with Crippen LogP contribution in [0.25, 0.3) is 5.57 Å². The molecule has 2 rings (SSSR count). The third-order valence-corrected chi connectivity index (χ3v) is 5.85. The lowest BCUT2D eigenvalue weighted by Crippen LogP contribution is -2.43. The number of hydrogen-bond donors (Lipinski definition) is 2. The summed E-state index contributed by atoms with van der Waals surface area (Å²) in [7, 11) is 1.26. The van der Waals surface area contributed by atoms with E-state index < -0.39 is 17.0 Å². The number of carboxylic acid groups (broad SMARTS) is 1. The Morgan fingerprint density at radius 3 is 2.52 bits per heavy atom.